The van der Waals surface area contributed by atoms with Crippen molar-refractivity contribution < 1.29 is 0 Å². The predicted molar refractivity (Wildman–Crippen MR) is 72.8 cm³/mol. The lowest BCUT2D eigenvalue weighted by atomic mass is 10.1. The van der Waals surface area contributed by atoms with Crippen molar-refractivity contribution in [2.75, 3.05) is 18.0 Å². The summed E-state index contributed by atoms with van der Waals surface area (Å²) in [7, 11) is 0. The summed E-state index contributed by atoms with van der Waals surface area (Å²) >= 11 is 0. The fourth-order valence-electron chi connectivity index (χ4n) is 2.12. The van der Waals surface area contributed by atoms with E-state index < -0.39 is 0 Å². The van der Waals surface area contributed by atoms with Crippen molar-refractivity contribution in [3.63, 3.8) is 0 Å². The first-order chi connectivity index (χ1) is 8.58. The maximum atomic E-state index is 12.0. The molecule has 1 unspecified atom stereocenters. The van der Waals surface area contributed by atoms with E-state index in [9.17, 15) is 4.79 Å². The van der Waals surface area contributed by atoms with E-state index in [0.29, 0.717) is 12.5 Å². The third kappa shape index (κ3) is 2.90. The molecule has 0 bridgehead atoms. The largest absolute Gasteiger partial charge is 0.370 e. The highest BCUT2D eigenvalue weighted by Crippen LogP contribution is 2.16. The molecule has 2 heterocycles. The third-order valence-electron chi connectivity index (χ3n) is 3.57. The summed E-state index contributed by atoms with van der Waals surface area (Å²) in [4.78, 5) is 14.2. The molecule has 1 saturated heterocycles. The summed E-state index contributed by atoms with van der Waals surface area (Å²) in [5.74, 6) is 0.344. The zero-order chi connectivity index (χ0) is 13.1. The van der Waals surface area contributed by atoms with Gasteiger partial charge in [-0.3, -0.25) is 4.79 Å². The van der Waals surface area contributed by atoms with Crippen LogP contribution in [0.2, 0.25) is 0 Å². The minimum Gasteiger partial charge on any atom is -0.370 e. The maximum Gasteiger partial charge on any atom is 0.268 e. The van der Waals surface area contributed by atoms with E-state index in [2.05, 4.69) is 10.00 Å². The van der Waals surface area contributed by atoms with Crippen LogP contribution in [-0.2, 0) is 6.54 Å². The average Bonchev–Trinajstić information content (AvgIpc) is 2.85. The summed E-state index contributed by atoms with van der Waals surface area (Å²) < 4.78 is 1.46. The summed E-state index contributed by atoms with van der Waals surface area (Å²) in [5.41, 5.74) is 6.84. The van der Waals surface area contributed by atoms with Crippen molar-refractivity contribution in [1.82, 2.24) is 9.78 Å². The van der Waals surface area contributed by atoms with Crippen LogP contribution in [0.3, 0.4) is 0 Å². The Morgan fingerprint density at radius 3 is 2.61 bits per heavy atom. The van der Waals surface area contributed by atoms with E-state index in [0.717, 1.165) is 18.8 Å². The van der Waals surface area contributed by atoms with Gasteiger partial charge in [-0.05, 0) is 18.8 Å². The van der Waals surface area contributed by atoms with Crippen molar-refractivity contribution in [2.45, 2.75) is 39.3 Å². The highest BCUT2D eigenvalue weighted by Gasteiger charge is 2.15. The number of anilines is 1. The standard InChI is InChI=1S/C13H22N4O/c1-10(2)12(14)9-17-13(18)7-11(8-15-17)16-5-3-4-6-16/h7-8,10,12H,3-6,9,14H2,1-2H3. The van der Waals surface area contributed by atoms with Gasteiger partial charge in [0.15, 0.2) is 0 Å². The molecule has 18 heavy (non-hydrogen) atoms. The van der Waals surface area contributed by atoms with Crippen LogP contribution >= 0.6 is 0 Å². The molecule has 0 amide bonds. The number of hydrogen-bond donors (Lipinski definition) is 1. The first kappa shape index (κ1) is 13.1. The fraction of sp³-hybridized carbons (Fsp3) is 0.692. The Bertz CT molecular complexity index is 449. The number of rotatable bonds is 4. The molecule has 2 rings (SSSR count). The van der Waals surface area contributed by atoms with Crippen LogP contribution in [-0.4, -0.2) is 28.9 Å². The molecule has 1 atom stereocenters. The molecule has 1 fully saturated rings. The van der Waals surface area contributed by atoms with Crippen LogP contribution in [0.5, 0.6) is 0 Å². The Labute approximate surface area is 108 Å². The van der Waals surface area contributed by atoms with E-state index in [4.69, 9.17) is 5.73 Å². The molecule has 1 aromatic heterocycles. The molecule has 1 aromatic rings. The number of hydrogen-bond acceptors (Lipinski definition) is 4. The second-order valence-corrected chi connectivity index (χ2v) is 5.34. The molecule has 0 radical (unpaired) electrons. The normalized spacial score (nSPS) is 17.4. The van der Waals surface area contributed by atoms with Gasteiger partial charge in [-0.25, -0.2) is 4.68 Å². The molecule has 0 aromatic carbocycles. The van der Waals surface area contributed by atoms with Crippen LogP contribution < -0.4 is 16.2 Å². The molecular weight excluding hydrogens is 228 g/mol. The molecule has 2 N–H and O–H groups in total. The van der Waals surface area contributed by atoms with Gasteiger partial charge in [-0.2, -0.15) is 5.10 Å². The van der Waals surface area contributed by atoms with E-state index in [1.165, 1.54) is 17.5 Å². The molecular formula is C13H22N4O. The molecule has 0 aliphatic carbocycles. The smallest absolute Gasteiger partial charge is 0.268 e. The van der Waals surface area contributed by atoms with Gasteiger partial charge in [0.25, 0.3) is 5.56 Å². The number of nitrogens with zero attached hydrogens (tertiary/aromatic N) is 3. The molecule has 1 aliphatic heterocycles. The summed E-state index contributed by atoms with van der Waals surface area (Å²) in [6.07, 6.45) is 4.17. The van der Waals surface area contributed by atoms with Gasteiger partial charge in [0.1, 0.15) is 0 Å². The van der Waals surface area contributed by atoms with Gasteiger partial charge in [0.2, 0.25) is 0 Å². The monoisotopic (exact) mass is 250 g/mol. The minimum atomic E-state index is -0.0597. The first-order valence-corrected chi connectivity index (χ1v) is 6.65. The van der Waals surface area contributed by atoms with E-state index in [-0.39, 0.29) is 11.6 Å². The van der Waals surface area contributed by atoms with Gasteiger partial charge >= 0.3 is 0 Å². The molecule has 5 nitrogen and oxygen atoms in total. The van der Waals surface area contributed by atoms with Gasteiger partial charge < -0.3 is 10.6 Å². The molecule has 0 saturated carbocycles. The quantitative estimate of drug-likeness (QED) is 0.859. The Morgan fingerprint density at radius 2 is 2.06 bits per heavy atom. The Morgan fingerprint density at radius 1 is 1.39 bits per heavy atom. The number of nitrogens with two attached hydrogens (primary N) is 1. The second kappa shape index (κ2) is 5.52. The van der Waals surface area contributed by atoms with Crippen LogP contribution in [0.1, 0.15) is 26.7 Å². The first-order valence-electron chi connectivity index (χ1n) is 6.65. The summed E-state index contributed by atoms with van der Waals surface area (Å²) in [6, 6.07) is 1.64. The molecule has 1 aliphatic rings. The second-order valence-electron chi connectivity index (χ2n) is 5.34. The van der Waals surface area contributed by atoms with Gasteiger partial charge in [-0.15, -0.1) is 0 Å². The van der Waals surface area contributed by atoms with Crippen molar-refractivity contribution in [3.05, 3.63) is 22.6 Å². The molecule has 5 heteroatoms. The lowest BCUT2D eigenvalue weighted by molar-refractivity contribution is 0.403. The topological polar surface area (TPSA) is 64.2 Å². The van der Waals surface area contributed by atoms with Gasteiger partial charge in [0, 0.05) is 25.2 Å². The lowest BCUT2D eigenvalue weighted by Crippen LogP contribution is -2.37. The van der Waals surface area contributed by atoms with Crippen LogP contribution in [0.25, 0.3) is 0 Å². The van der Waals surface area contributed by atoms with Crippen molar-refractivity contribution in [2.24, 2.45) is 11.7 Å². The Kier molecular flexibility index (Phi) is 4.01. The van der Waals surface area contributed by atoms with Crippen molar-refractivity contribution >= 4 is 5.69 Å². The Hall–Kier alpha value is -1.36. The SMILES string of the molecule is CC(C)C(N)Cn1ncc(N2CCCC2)cc1=O. The van der Waals surface area contributed by atoms with E-state index in [1.807, 2.05) is 13.8 Å². The number of aromatic nitrogens is 2. The Balaban J connectivity index is 2.12. The van der Waals surface area contributed by atoms with Crippen LogP contribution in [0.15, 0.2) is 17.1 Å². The highest BCUT2D eigenvalue weighted by molar-refractivity contribution is 5.43. The summed E-state index contributed by atoms with van der Waals surface area (Å²) in [6.45, 7) is 6.63. The average molecular weight is 250 g/mol. The van der Waals surface area contributed by atoms with Crippen molar-refractivity contribution in [1.29, 1.82) is 0 Å². The van der Waals surface area contributed by atoms with Crippen LogP contribution in [0.4, 0.5) is 5.69 Å². The van der Waals surface area contributed by atoms with E-state index >= 15 is 0 Å². The summed E-state index contributed by atoms with van der Waals surface area (Å²) in [5, 5.41) is 4.23. The zero-order valence-electron chi connectivity index (χ0n) is 11.2. The van der Waals surface area contributed by atoms with Crippen molar-refractivity contribution in [3.8, 4) is 0 Å². The molecule has 0 spiro atoms. The van der Waals surface area contributed by atoms with E-state index in [1.54, 1.807) is 12.3 Å². The van der Waals surface area contributed by atoms with Crippen LogP contribution in [0, 0.1) is 5.92 Å². The lowest BCUT2D eigenvalue weighted by Gasteiger charge is -2.19. The predicted octanol–water partition coefficient (Wildman–Crippen LogP) is 0.827. The highest BCUT2D eigenvalue weighted by atomic mass is 16.1. The maximum absolute atomic E-state index is 12.0. The van der Waals surface area contributed by atoms with Gasteiger partial charge in [-0.1, -0.05) is 13.8 Å². The zero-order valence-corrected chi connectivity index (χ0v) is 11.2. The minimum absolute atomic E-state index is 0.0344. The fourth-order valence-corrected chi connectivity index (χ4v) is 2.12. The third-order valence-corrected chi connectivity index (χ3v) is 3.57. The van der Waals surface area contributed by atoms with Gasteiger partial charge in [0.05, 0.1) is 18.4 Å². The molecule has 100 valence electrons.